The summed E-state index contributed by atoms with van der Waals surface area (Å²) in [6.45, 7) is 7.29. The second kappa shape index (κ2) is 6.69. The summed E-state index contributed by atoms with van der Waals surface area (Å²) in [5.74, 6) is 6.03. The van der Waals surface area contributed by atoms with E-state index in [9.17, 15) is 4.79 Å². The molecule has 1 saturated heterocycles. The molecule has 1 aliphatic rings. The van der Waals surface area contributed by atoms with Crippen molar-refractivity contribution in [2.75, 3.05) is 26.2 Å². The van der Waals surface area contributed by atoms with Crippen LogP contribution in [0.1, 0.15) is 33.2 Å². The third-order valence-electron chi connectivity index (χ3n) is 3.07. The Balaban J connectivity index is 1.74. The molecular weight excluding hydrogens is 258 g/mol. The number of nitrogens with zero attached hydrogens (tertiary/aromatic N) is 2. The fraction of sp³-hybridized carbons (Fsp3) is 0.571. The lowest BCUT2D eigenvalue weighted by atomic mass is 10.3. The molecule has 0 atom stereocenters. The van der Waals surface area contributed by atoms with Gasteiger partial charge >= 0.3 is 0 Å². The quantitative estimate of drug-likeness (QED) is 0.853. The third-order valence-corrected chi connectivity index (χ3v) is 4.15. The van der Waals surface area contributed by atoms with E-state index in [2.05, 4.69) is 27.0 Å². The Morgan fingerprint density at radius 1 is 1.37 bits per heavy atom. The van der Waals surface area contributed by atoms with E-state index in [4.69, 9.17) is 0 Å². The molecule has 0 spiro atoms. The number of aromatic nitrogens is 1. The molecule has 1 amide bonds. The molecule has 0 bridgehead atoms. The first-order valence-electron chi connectivity index (χ1n) is 6.57. The smallest absolute Gasteiger partial charge is 0.264 e. The van der Waals surface area contributed by atoms with Crippen molar-refractivity contribution in [3.63, 3.8) is 0 Å². The second-order valence-corrected chi connectivity index (χ2v) is 5.87. The summed E-state index contributed by atoms with van der Waals surface area (Å²) >= 11 is 1.43. The van der Waals surface area contributed by atoms with Gasteiger partial charge in [-0.05, 0) is 39.8 Å². The van der Waals surface area contributed by atoms with Gasteiger partial charge in [-0.15, -0.1) is 11.3 Å². The first-order valence-corrected chi connectivity index (χ1v) is 7.39. The molecule has 2 rings (SSSR count). The van der Waals surface area contributed by atoms with Gasteiger partial charge < -0.3 is 5.32 Å². The van der Waals surface area contributed by atoms with Gasteiger partial charge in [-0.25, -0.2) is 4.98 Å². The highest BCUT2D eigenvalue weighted by Gasteiger charge is 2.12. The Morgan fingerprint density at radius 3 is 2.74 bits per heavy atom. The zero-order valence-corrected chi connectivity index (χ0v) is 12.3. The van der Waals surface area contributed by atoms with Crippen LogP contribution >= 0.6 is 11.3 Å². The van der Waals surface area contributed by atoms with Crippen LogP contribution in [0.25, 0.3) is 0 Å². The molecule has 1 N–H and O–H groups in total. The van der Waals surface area contributed by atoms with Crippen molar-refractivity contribution in [2.24, 2.45) is 0 Å². The average molecular weight is 277 g/mol. The fourth-order valence-corrected chi connectivity index (χ4v) is 2.95. The van der Waals surface area contributed by atoms with Gasteiger partial charge in [0.15, 0.2) is 0 Å². The zero-order valence-electron chi connectivity index (χ0n) is 11.5. The molecule has 1 aromatic heterocycles. The Bertz CT molecular complexity index is 506. The molecule has 0 aromatic carbocycles. The van der Waals surface area contributed by atoms with Crippen LogP contribution in [0.15, 0.2) is 0 Å². The van der Waals surface area contributed by atoms with Gasteiger partial charge in [-0.3, -0.25) is 9.69 Å². The summed E-state index contributed by atoms with van der Waals surface area (Å²) < 4.78 is 0. The maximum absolute atomic E-state index is 11.9. The lowest BCUT2D eigenvalue weighted by Gasteiger charge is -2.08. The van der Waals surface area contributed by atoms with Gasteiger partial charge in [0.25, 0.3) is 5.91 Å². The van der Waals surface area contributed by atoms with E-state index in [0.717, 1.165) is 30.3 Å². The number of likely N-dealkylation sites (tertiary alicyclic amines) is 1. The van der Waals surface area contributed by atoms with Crippen molar-refractivity contribution in [2.45, 2.75) is 26.7 Å². The van der Waals surface area contributed by atoms with E-state index in [0.29, 0.717) is 11.4 Å². The molecule has 0 saturated carbocycles. The van der Waals surface area contributed by atoms with Crippen molar-refractivity contribution < 1.29 is 4.79 Å². The lowest BCUT2D eigenvalue weighted by molar-refractivity contribution is 0.0962. The molecule has 1 fully saturated rings. The number of thiazole rings is 1. The molecule has 0 radical (unpaired) electrons. The number of carbonyl (C=O) groups excluding carboxylic acids is 1. The minimum absolute atomic E-state index is 0.0708. The fourth-order valence-electron chi connectivity index (χ4n) is 2.12. The highest BCUT2D eigenvalue weighted by molar-refractivity contribution is 7.13. The van der Waals surface area contributed by atoms with Crippen molar-refractivity contribution in [1.29, 1.82) is 0 Å². The molecule has 19 heavy (non-hydrogen) atoms. The van der Waals surface area contributed by atoms with Gasteiger partial charge in [0.1, 0.15) is 4.88 Å². The molecular formula is C14H19N3OS. The summed E-state index contributed by atoms with van der Waals surface area (Å²) in [7, 11) is 0. The van der Waals surface area contributed by atoms with Crippen molar-refractivity contribution in [1.82, 2.24) is 15.2 Å². The summed E-state index contributed by atoms with van der Waals surface area (Å²) in [5, 5.41) is 3.74. The minimum atomic E-state index is -0.0708. The van der Waals surface area contributed by atoms with Crippen LogP contribution in [0.2, 0.25) is 0 Å². The molecule has 102 valence electrons. The summed E-state index contributed by atoms with van der Waals surface area (Å²) in [4.78, 5) is 19.2. The number of nitrogens with one attached hydrogen (secondary N) is 1. The maximum atomic E-state index is 11.9. The van der Waals surface area contributed by atoms with Crippen molar-refractivity contribution in [3.8, 4) is 11.8 Å². The van der Waals surface area contributed by atoms with E-state index >= 15 is 0 Å². The number of hydrogen-bond donors (Lipinski definition) is 1. The predicted molar refractivity (Wildman–Crippen MR) is 77.4 cm³/mol. The molecule has 0 unspecified atom stereocenters. The van der Waals surface area contributed by atoms with Gasteiger partial charge in [0, 0.05) is 0 Å². The van der Waals surface area contributed by atoms with E-state index in [-0.39, 0.29) is 5.91 Å². The number of hydrogen-bond acceptors (Lipinski definition) is 4. The number of carbonyl (C=O) groups is 1. The van der Waals surface area contributed by atoms with Crippen LogP contribution in [-0.4, -0.2) is 42.0 Å². The molecule has 5 heteroatoms. The summed E-state index contributed by atoms with van der Waals surface area (Å²) in [6, 6.07) is 0. The van der Waals surface area contributed by atoms with E-state index in [1.54, 1.807) is 0 Å². The molecule has 1 aliphatic heterocycles. The average Bonchev–Trinajstić information content (AvgIpc) is 2.98. The van der Waals surface area contributed by atoms with Crippen LogP contribution in [0.4, 0.5) is 0 Å². The van der Waals surface area contributed by atoms with E-state index < -0.39 is 0 Å². The Kier molecular flexibility index (Phi) is 4.94. The second-order valence-electron chi connectivity index (χ2n) is 4.67. The number of rotatable bonds is 3. The van der Waals surface area contributed by atoms with Gasteiger partial charge in [-0.1, -0.05) is 11.8 Å². The monoisotopic (exact) mass is 277 g/mol. The predicted octanol–water partition coefficient (Wildman–Crippen LogP) is 1.59. The number of amides is 1. The third kappa shape index (κ3) is 4.05. The minimum Gasteiger partial charge on any atom is -0.340 e. The number of aryl methyl sites for hydroxylation is 2. The van der Waals surface area contributed by atoms with Crippen molar-refractivity contribution in [3.05, 3.63) is 15.6 Å². The first kappa shape index (κ1) is 14.0. The molecule has 0 aliphatic carbocycles. The molecule has 4 nitrogen and oxygen atoms in total. The highest BCUT2D eigenvalue weighted by atomic mass is 32.1. The van der Waals surface area contributed by atoms with Crippen LogP contribution in [0, 0.1) is 25.7 Å². The maximum Gasteiger partial charge on any atom is 0.264 e. The van der Waals surface area contributed by atoms with Crippen LogP contribution in [0.5, 0.6) is 0 Å². The normalized spacial score (nSPS) is 15.1. The van der Waals surface area contributed by atoms with Crippen LogP contribution in [-0.2, 0) is 0 Å². The van der Waals surface area contributed by atoms with Crippen LogP contribution in [0.3, 0.4) is 0 Å². The van der Waals surface area contributed by atoms with Gasteiger partial charge in [-0.2, -0.15) is 0 Å². The Morgan fingerprint density at radius 2 is 2.11 bits per heavy atom. The summed E-state index contributed by atoms with van der Waals surface area (Å²) in [5.41, 5.74) is 0.796. The Labute approximate surface area is 118 Å². The van der Waals surface area contributed by atoms with Crippen molar-refractivity contribution >= 4 is 17.2 Å². The van der Waals surface area contributed by atoms with Crippen LogP contribution < -0.4 is 5.32 Å². The topological polar surface area (TPSA) is 45.2 Å². The highest BCUT2D eigenvalue weighted by Crippen LogP contribution is 2.16. The lowest BCUT2D eigenvalue weighted by Crippen LogP contribution is -2.24. The molecule has 1 aromatic rings. The first-order chi connectivity index (χ1) is 9.16. The van der Waals surface area contributed by atoms with Gasteiger partial charge in [0.05, 0.1) is 23.8 Å². The SMILES string of the molecule is Cc1nc(C)c(C(=O)NCC#CCN2CCCC2)s1. The molecule has 2 heterocycles. The van der Waals surface area contributed by atoms with E-state index in [1.165, 1.54) is 24.2 Å². The largest absolute Gasteiger partial charge is 0.340 e. The van der Waals surface area contributed by atoms with E-state index in [1.807, 2.05) is 13.8 Å². The standard InChI is InChI=1S/C14H19N3OS/c1-11-13(19-12(2)16-11)14(18)15-7-3-4-8-17-9-5-6-10-17/h5-10H2,1-2H3,(H,15,18). The van der Waals surface area contributed by atoms with Gasteiger partial charge in [0.2, 0.25) is 0 Å². The Hall–Kier alpha value is -1.38. The zero-order chi connectivity index (χ0) is 13.7. The summed E-state index contributed by atoms with van der Waals surface area (Å²) in [6.07, 6.45) is 2.56.